The van der Waals surface area contributed by atoms with Gasteiger partial charge in [0.1, 0.15) is 0 Å². The molecule has 18 heavy (non-hydrogen) atoms. The van der Waals surface area contributed by atoms with Crippen molar-refractivity contribution in [3.05, 3.63) is 29.6 Å². The van der Waals surface area contributed by atoms with Crippen LogP contribution in [0.3, 0.4) is 0 Å². The average Bonchev–Trinajstić information content (AvgIpc) is 2.57. The number of amides is 1. The van der Waals surface area contributed by atoms with Crippen LogP contribution in [0.4, 0.5) is 0 Å². The number of aryl methyl sites for hydroxylation is 1. The lowest BCUT2D eigenvalue weighted by Gasteiger charge is -2.19. The highest BCUT2D eigenvalue weighted by atomic mass is 35.5. The van der Waals surface area contributed by atoms with Gasteiger partial charge in [-0.2, -0.15) is 0 Å². The lowest BCUT2D eigenvalue weighted by atomic mass is 10.2. The first-order chi connectivity index (χ1) is 7.77. The molecule has 0 saturated carbocycles. The van der Waals surface area contributed by atoms with Gasteiger partial charge in [-0.3, -0.25) is 9.78 Å². The highest BCUT2D eigenvalue weighted by Gasteiger charge is 2.16. The molecule has 0 unspecified atom stereocenters. The monoisotopic (exact) mass is 291 g/mol. The third-order valence-corrected chi connectivity index (χ3v) is 2.79. The fraction of sp³-hybridized carbons (Fsp3) is 0.500. The summed E-state index contributed by atoms with van der Waals surface area (Å²) in [6.45, 7) is 5.41. The Balaban J connectivity index is 0.00000144. The first kappa shape index (κ1) is 17.2. The molecule has 0 atom stereocenters. The van der Waals surface area contributed by atoms with E-state index in [0.29, 0.717) is 5.56 Å². The summed E-state index contributed by atoms with van der Waals surface area (Å²) in [7, 11) is 0. The van der Waals surface area contributed by atoms with Crippen molar-refractivity contribution in [3.63, 3.8) is 0 Å². The third kappa shape index (κ3) is 4.44. The summed E-state index contributed by atoms with van der Waals surface area (Å²) in [5.41, 5.74) is 1.63. The smallest absolute Gasteiger partial charge is 0.255 e. The van der Waals surface area contributed by atoms with Gasteiger partial charge in [0.15, 0.2) is 0 Å². The van der Waals surface area contributed by atoms with Crippen LogP contribution in [-0.4, -0.2) is 42.0 Å². The summed E-state index contributed by atoms with van der Waals surface area (Å²) in [5, 5.41) is 3.28. The molecule has 4 nitrogen and oxygen atoms in total. The Hall–Kier alpha value is -0.840. The first-order valence-electron chi connectivity index (χ1n) is 5.70. The topological polar surface area (TPSA) is 45.2 Å². The number of pyridine rings is 1. The van der Waals surface area contributed by atoms with Crippen molar-refractivity contribution in [3.8, 4) is 0 Å². The largest absolute Gasteiger partial charge is 0.337 e. The molecule has 1 amide bonds. The van der Waals surface area contributed by atoms with Crippen molar-refractivity contribution in [2.24, 2.45) is 0 Å². The minimum Gasteiger partial charge on any atom is -0.337 e. The van der Waals surface area contributed by atoms with Crippen molar-refractivity contribution in [1.82, 2.24) is 15.2 Å². The Morgan fingerprint density at radius 3 is 2.72 bits per heavy atom. The van der Waals surface area contributed by atoms with Gasteiger partial charge in [0.05, 0.1) is 5.56 Å². The second-order valence-corrected chi connectivity index (χ2v) is 4.08. The Bertz CT molecular complexity index is 362. The van der Waals surface area contributed by atoms with Crippen molar-refractivity contribution in [2.45, 2.75) is 13.3 Å². The van der Waals surface area contributed by atoms with Crippen LogP contribution < -0.4 is 5.32 Å². The molecule has 0 spiro atoms. The molecule has 0 bridgehead atoms. The molecule has 0 aliphatic carbocycles. The summed E-state index contributed by atoms with van der Waals surface area (Å²) >= 11 is 0. The zero-order valence-corrected chi connectivity index (χ0v) is 12.0. The van der Waals surface area contributed by atoms with Gasteiger partial charge in [0, 0.05) is 31.5 Å². The van der Waals surface area contributed by atoms with E-state index in [-0.39, 0.29) is 30.7 Å². The predicted molar refractivity (Wildman–Crippen MR) is 76.9 cm³/mol. The van der Waals surface area contributed by atoms with E-state index in [2.05, 4.69) is 10.3 Å². The van der Waals surface area contributed by atoms with Crippen LogP contribution in [-0.2, 0) is 0 Å². The lowest BCUT2D eigenvalue weighted by Crippen LogP contribution is -2.34. The van der Waals surface area contributed by atoms with E-state index in [9.17, 15) is 4.79 Å². The molecule has 1 N–H and O–H groups in total. The minimum absolute atomic E-state index is 0. The number of aromatic nitrogens is 1. The summed E-state index contributed by atoms with van der Waals surface area (Å²) < 4.78 is 0. The molecule has 1 aromatic heterocycles. The molecular weight excluding hydrogens is 273 g/mol. The molecule has 2 heterocycles. The molecule has 102 valence electrons. The van der Waals surface area contributed by atoms with Gasteiger partial charge in [0.2, 0.25) is 0 Å². The average molecular weight is 292 g/mol. The molecule has 0 aromatic carbocycles. The summed E-state index contributed by atoms with van der Waals surface area (Å²) in [6.07, 6.45) is 2.68. The van der Waals surface area contributed by atoms with Crippen LogP contribution in [0, 0.1) is 6.92 Å². The van der Waals surface area contributed by atoms with Gasteiger partial charge >= 0.3 is 0 Å². The van der Waals surface area contributed by atoms with E-state index in [1.54, 1.807) is 6.20 Å². The van der Waals surface area contributed by atoms with Crippen LogP contribution in [0.25, 0.3) is 0 Å². The molecule has 0 radical (unpaired) electrons. The number of halogens is 2. The Kier molecular flexibility index (Phi) is 7.91. The zero-order valence-electron chi connectivity index (χ0n) is 10.4. The Morgan fingerprint density at radius 2 is 2.06 bits per heavy atom. The molecule has 1 aliphatic heterocycles. The van der Waals surface area contributed by atoms with Crippen molar-refractivity contribution in [2.75, 3.05) is 26.2 Å². The van der Waals surface area contributed by atoms with Crippen molar-refractivity contribution < 1.29 is 4.79 Å². The van der Waals surface area contributed by atoms with E-state index in [1.165, 1.54) is 0 Å². The van der Waals surface area contributed by atoms with E-state index in [4.69, 9.17) is 0 Å². The van der Waals surface area contributed by atoms with E-state index in [0.717, 1.165) is 38.3 Å². The van der Waals surface area contributed by atoms with Crippen LogP contribution in [0.2, 0.25) is 0 Å². The lowest BCUT2D eigenvalue weighted by molar-refractivity contribution is 0.0766. The maximum atomic E-state index is 12.1. The molecule has 1 saturated heterocycles. The van der Waals surface area contributed by atoms with Crippen LogP contribution in [0.5, 0.6) is 0 Å². The number of nitrogens with zero attached hydrogens (tertiary/aromatic N) is 2. The first-order valence-corrected chi connectivity index (χ1v) is 5.70. The normalized spacial score (nSPS) is 15.1. The molecule has 1 fully saturated rings. The molecular formula is C12H19Cl2N3O. The van der Waals surface area contributed by atoms with E-state index >= 15 is 0 Å². The zero-order chi connectivity index (χ0) is 11.4. The standard InChI is InChI=1S/C12H17N3O.2ClH/c1-10-3-4-11(9-14-10)12(16)15-7-2-5-13-6-8-15;;/h3-4,9,13H,2,5-8H2,1H3;2*1H. The van der Waals surface area contributed by atoms with Gasteiger partial charge in [-0.1, -0.05) is 0 Å². The fourth-order valence-electron chi connectivity index (χ4n) is 1.83. The van der Waals surface area contributed by atoms with Crippen LogP contribution in [0.1, 0.15) is 22.5 Å². The van der Waals surface area contributed by atoms with Gasteiger partial charge in [-0.05, 0) is 32.0 Å². The van der Waals surface area contributed by atoms with E-state index in [1.807, 2.05) is 24.0 Å². The maximum absolute atomic E-state index is 12.1. The van der Waals surface area contributed by atoms with Crippen molar-refractivity contribution >= 4 is 30.7 Å². The van der Waals surface area contributed by atoms with Crippen LogP contribution in [0.15, 0.2) is 18.3 Å². The number of rotatable bonds is 1. The molecule has 6 heteroatoms. The SMILES string of the molecule is Cc1ccc(C(=O)N2CCCNCC2)cn1.Cl.Cl. The third-order valence-electron chi connectivity index (χ3n) is 2.79. The highest BCUT2D eigenvalue weighted by Crippen LogP contribution is 2.06. The number of carbonyl (C=O) groups excluding carboxylic acids is 1. The van der Waals surface area contributed by atoms with Crippen molar-refractivity contribution in [1.29, 1.82) is 0 Å². The fourth-order valence-corrected chi connectivity index (χ4v) is 1.83. The number of hydrogen-bond donors (Lipinski definition) is 1. The summed E-state index contributed by atoms with van der Waals surface area (Å²) in [4.78, 5) is 18.2. The quantitative estimate of drug-likeness (QED) is 0.856. The molecule has 1 aliphatic rings. The highest BCUT2D eigenvalue weighted by molar-refractivity contribution is 5.93. The minimum atomic E-state index is 0. The van der Waals surface area contributed by atoms with Gasteiger partial charge < -0.3 is 10.2 Å². The second kappa shape index (κ2) is 8.29. The van der Waals surface area contributed by atoms with E-state index < -0.39 is 0 Å². The van der Waals surface area contributed by atoms with Gasteiger partial charge in [-0.25, -0.2) is 0 Å². The number of hydrogen-bond acceptors (Lipinski definition) is 3. The number of nitrogens with one attached hydrogen (secondary N) is 1. The van der Waals surface area contributed by atoms with Crippen LogP contribution >= 0.6 is 24.8 Å². The predicted octanol–water partition coefficient (Wildman–Crippen LogP) is 1.67. The Morgan fingerprint density at radius 1 is 1.28 bits per heavy atom. The molecule has 2 rings (SSSR count). The van der Waals surface area contributed by atoms with Gasteiger partial charge in [0.25, 0.3) is 5.91 Å². The number of carbonyl (C=O) groups is 1. The van der Waals surface area contributed by atoms with Gasteiger partial charge in [-0.15, -0.1) is 24.8 Å². The molecule has 1 aromatic rings. The summed E-state index contributed by atoms with van der Waals surface area (Å²) in [6, 6.07) is 3.73. The Labute approximate surface area is 120 Å². The second-order valence-electron chi connectivity index (χ2n) is 4.08. The maximum Gasteiger partial charge on any atom is 0.255 e. The summed E-state index contributed by atoms with van der Waals surface area (Å²) in [5.74, 6) is 0.0937.